The molecule has 0 bridgehead atoms. The number of nitrogens with zero attached hydrogens (tertiary/aromatic N) is 1. The van der Waals surface area contributed by atoms with E-state index < -0.39 is 16.1 Å². The highest BCUT2D eigenvalue weighted by atomic mass is 35.5. The summed E-state index contributed by atoms with van der Waals surface area (Å²) < 4.78 is 27.1. The normalized spacial score (nSPS) is 14.0. The van der Waals surface area contributed by atoms with Crippen molar-refractivity contribution in [2.24, 2.45) is 0 Å². The van der Waals surface area contributed by atoms with Crippen LogP contribution in [-0.2, 0) is 32.6 Å². The molecule has 1 aliphatic rings. The number of nitrogens with one attached hydrogen (secondary N) is 2. The topological polar surface area (TPSA) is 95.6 Å². The summed E-state index contributed by atoms with van der Waals surface area (Å²) in [5.74, 6) is -0.402. The number of benzene rings is 3. The lowest BCUT2D eigenvalue weighted by atomic mass is 9.97. The van der Waals surface area contributed by atoms with Gasteiger partial charge in [0.25, 0.3) is 0 Å². The standard InChI is InChI=1S/C34H40ClN3O4S/c1-2-37-43(41,42)31-20-15-27(16-21-31)17-22-32(39)38(25-28-13-18-30(35)19-14-28)33(29-11-7-4-8-12-29)34(40)36-24-23-26-9-5-3-6-10-26/h4,7-9,11-16,18-21,33,37H,2-3,5-6,10,17,22-25H2,1H3,(H,36,40)/t33-/m1/s1. The molecule has 43 heavy (non-hydrogen) atoms. The van der Waals surface area contributed by atoms with E-state index in [1.165, 1.54) is 18.4 Å². The van der Waals surface area contributed by atoms with E-state index >= 15 is 0 Å². The summed E-state index contributed by atoms with van der Waals surface area (Å²) in [5.41, 5.74) is 3.80. The number of sulfonamides is 1. The number of hydrogen-bond acceptors (Lipinski definition) is 4. The number of carbonyl (C=O) groups is 2. The SMILES string of the molecule is CCNS(=O)(=O)c1ccc(CCC(=O)N(Cc2ccc(Cl)cc2)[C@@H](C(=O)NCCC2=CCCCC2)c2ccccc2)cc1. The third kappa shape index (κ3) is 9.51. The second-order valence-electron chi connectivity index (χ2n) is 10.8. The van der Waals surface area contributed by atoms with Crippen LogP contribution in [0.2, 0.25) is 5.02 Å². The molecule has 2 N–H and O–H groups in total. The van der Waals surface area contributed by atoms with Gasteiger partial charge in [0, 0.05) is 31.1 Å². The second-order valence-corrected chi connectivity index (χ2v) is 13.0. The van der Waals surface area contributed by atoms with Crippen molar-refractivity contribution in [1.82, 2.24) is 14.9 Å². The fraction of sp³-hybridized carbons (Fsp3) is 0.353. The largest absolute Gasteiger partial charge is 0.354 e. The molecule has 0 heterocycles. The number of carbonyl (C=O) groups excluding carboxylic acids is 2. The summed E-state index contributed by atoms with van der Waals surface area (Å²) in [4.78, 5) is 29.6. The van der Waals surface area contributed by atoms with Gasteiger partial charge in [-0.3, -0.25) is 9.59 Å². The molecule has 2 amide bonds. The summed E-state index contributed by atoms with van der Waals surface area (Å²) in [6.45, 7) is 2.77. The quantitative estimate of drug-likeness (QED) is 0.205. The number of rotatable bonds is 14. The van der Waals surface area contributed by atoms with E-state index in [0.717, 1.165) is 36.0 Å². The van der Waals surface area contributed by atoms with E-state index in [4.69, 9.17) is 11.6 Å². The first-order valence-corrected chi connectivity index (χ1v) is 16.8. The molecule has 0 radical (unpaired) electrons. The molecule has 3 aromatic rings. The van der Waals surface area contributed by atoms with Gasteiger partial charge < -0.3 is 10.2 Å². The van der Waals surface area contributed by atoms with E-state index in [0.29, 0.717) is 24.5 Å². The lowest BCUT2D eigenvalue weighted by Crippen LogP contribution is -2.43. The molecule has 3 aromatic carbocycles. The van der Waals surface area contributed by atoms with E-state index in [1.54, 1.807) is 48.2 Å². The van der Waals surface area contributed by atoms with Crippen molar-refractivity contribution in [2.45, 2.75) is 69.4 Å². The van der Waals surface area contributed by atoms with Crippen molar-refractivity contribution in [3.8, 4) is 0 Å². The molecule has 0 unspecified atom stereocenters. The van der Waals surface area contributed by atoms with Crippen LogP contribution >= 0.6 is 11.6 Å². The smallest absolute Gasteiger partial charge is 0.247 e. The van der Waals surface area contributed by atoms with Crippen LogP contribution in [-0.4, -0.2) is 38.2 Å². The highest BCUT2D eigenvalue weighted by molar-refractivity contribution is 7.89. The molecule has 0 saturated carbocycles. The molecule has 1 atom stereocenters. The average molecular weight is 622 g/mol. The Labute approximate surface area is 260 Å². The van der Waals surface area contributed by atoms with Crippen LogP contribution in [0.25, 0.3) is 0 Å². The number of amides is 2. The van der Waals surface area contributed by atoms with E-state index in [2.05, 4.69) is 16.1 Å². The molecule has 4 rings (SSSR count). The lowest BCUT2D eigenvalue weighted by Gasteiger charge is -2.32. The van der Waals surface area contributed by atoms with Crippen LogP contribution in [0.4, 0.5) is 0 Å². The molecule has 228 valence electrons. The third-order valence-electron chi connectivity index (χ3n) is 7.59. The molecule has 0 aromatic heterocycles. The first kappa shape index (κ1) is 32.5. The molecule has 0 aliphatic heterocycles. The Hall–Kier alpha value is -3.46. The zero-order chi connectivity index (χ0) is 30.7. The Balaban J connectivity index is 1.55. The molecule has 0 spiro atoms. The Morgan fingerprint density at radius 2 is 1.60 bits per heavy atom. The average Bonchev–Trinajstić information content (AvgIpc) is 3.02. The van der Waals surface area contributed by atoms with Gasteiger partial charge in [0.2, 0.25) is 21.8 Å². The Morgan fingerprint density at radius 3 is 2.26 bits per heavy atom. The van der Waals surface area contributed by atoms with Crippen molar-refractivity contribution in [3.05, 3.63) is 112 Å². The maximum absolute atomic E-state index is 13.9. The highest BCUT2D eigenvalue weighted by Crippen LogP contribution is 2.26. The van der Waals surface area contributed by atoms with Crippen LogP contribution < -0.4 is 10.0 Å². The summed E-state index contributed by atoms with van der Waals surface area (Å²) >= 11 is 6.12. The fourth-order valence-electron chi connectivity index (χ4n) is 5.30. The minimum atomic E-state index is -3.56. The number of halogens is 1. The van der Waals surface area contributed by atoms with Gasteiger partial charge in [0.1, 0.15) is 6.04 Å². The van der Waals surface area contributed by atoms with Crippen molar-refractivity contribution < 1.29 is 18.0 Å². The molecule has 0 fully saturated rings. The number of allylic oxidation sites excluding steroid dienone is 1. The van der Waals surface area contributed by atoms with Gasteiger partial charge in [-0.25, -0.2) is 13.1 Å². The molecular weight excluding hydrogens is 582 g/mol. The second kappa shape index (κ2) is 15.8. The zero-order valence-electron chi connectivity index (χ0n) is 24.6. The lowest BCUT2D eigenvalue weighted by molar-refractivity contribution is -0.141. The first-order chi connectivity index (χ1) is 20.8. The van der Waals surface area contributed by atoms with Crippen LogP contribution in [0.15, 0.2) is 95.4 Å². The third-order valence-corrected chi connectivity index (χ3v) is 9.40. The zero-order valence-corrected chi connectivity index (χ0v) is 26.2. The van der Waals surface area contributed by atoms with Crippen molar-refractivity contribution >= 4 is 33.4 Å². The molecular formula is C34H40ClN3O4S. The molecule has 0 saturated heterocycles. The van der Waals surface area contributed by atoms with Gasteiger partial charge in [0.15, 0.2) is 0 Å². The van der Waals surface area contributed by atoms with Gasteiger partial charge >= 0.3 is 0 Å². The summed E-state index contributed by atoms with van der Waals surface area (Å²) in [7, 11) is -3.56. The summed E-state index contributed by atoms with van der Waals surface area (Å²) in [6.07, 6.45) is 8.19. The van der Waals surface area contributed by atoms with Crippen molar-refractivity contribution in [1.29, 1.82) is 0 Å². The van der Waals surface area contributed by atoms with E-state index in [1.807, 2.05) is 42.5 Å². The molecule has 1 aliphatic carbocycles. The van der Waals surface area contributed by atoms with Gasteiger partial charge in [-0.05, 0) is 79.5 Å². The minimum absolute atomic E-state index is 0.149. The Kier molecular flexibility index (Phi) is 12.0. The first-order valence-electron chi connectivity index (χ1n) is 14.9. The summed E-state index contributed by atoms with van der Waals surface area (Å²) in [6, 6.07) is 22.4. The predicted octanol–water partition coefficient (Wildman–Crippen LogP) is 6.35. The molecule has 9 heteroatoms. The number of aryl methyl sites for hydroxylation is 1. The van der Waals surface area contributed by atoms with Gasteiger partial charge in [-0.2, -0.15) is 0 Å². The minimum Gasteiger partial charge on any atom is -0.354 e. The van der Waals surface area contributed by atoms with Crippen LogP contribution in [0, 0.1) is 0 Å². The van der Waals surface area contributed by atoms with Gasteiger partial charge in [0.05, 0.1) is 4.90 Å². The predicted molar refractivity (Wildman–Crippen MR) is 171 cm³/mol. The van der Waals surface area contributed by atoms with Crippen LogP contribution in [0.3, 0.4) is 0 Å². The maximum Gasteiger partial charge on any atom is 0.247 e. The van der Waals surface area contributed by atoms with Crippen LogP contribution in [0.1, 0.15) is 68.2 Å². The van der Waals surface area contributed by atoms with Crippen LogP contribution in [0.5, 0.6) is 0 Å². The Morgan fingerprint density at radius 1 is 0.907 bits per heavy atom. The molecule has 7 nitrogen and oxygen atoms in total. The van der Waals surface area contributed by atoms with Gasteiger partial charge in [-0.15, -0.1) is 0 Å². The number of hydrogen-bond donors (Lipinski definition) is 2. The van der Waals surface area contributed by atoms with Gasteiger partial charge in [-0.1, -0.05) is 84.8 Å². The van der Waals surface area contributed by atoms with E-state index in [9.17, 15) is 18.0 Å². The maximum atomic E-state index is 13.9. The van der Waals surface area contributed by atoms with Crippen molar-refractivity contribution in [2.75, 3.05) is 13.1 Å². The monoisotopic (exact) mass is 621 g/mol. The highest BCUT2D eigenvalue weighted by Gasteiger charge is 2.31. The Bertz CT molecular complexity index is 1490. The summed E-state index contributed by atoms with van der Waals surface area (Å²) in [5, 5.41) is 3.70. The van der Waals surface area contributed by atoms with Crippen molar-refractivity contribution in [3.63, 3.8) is 0 Å². The van der Waals surface area contributed by atoms with E-state index in [-0.39, 0.29) is 29.7 Å². The fourth-order valence-corrected chi connectivity index (χ4v) is 6.46.